The number of aliphatic imine (C=N–C) groups is 1. The van der Waals surface area contributed by atoms with Crippen molar-refractivity contribution in [3.8, 4) is 0 Å². The molecule has 1 saturated carbocycles. The molecule has 3 rings (SSSR count). The molecular weight excluding hydrogens is 419 g/mol. The first kappa shape index (κ1) is 20.2. The molecule has 3 fully saturated rings. The summed E-state index contributed by atoms with van der Waals surface area (Å²) < 4.78 is 5.48. The second kappa shape index (κ2) is 10.1. The maximum Gasteiger partial charge on any atom is 0.193 e. The zero-order valence-electron chi connectivity index (χ0n) is 14.8. The summed E-state index contributed by atoms with van der Waals surface area (Å²) in [4.78, 5) is 9.35. The molecule has 3 atom stereocenters. The Kier molecular flexibility index (Phi) is 8.53. The number of halogens is 1. The summed E-state index contributed by atoms with van der Waals surface area (Å²) >= 11 is 0. The van der Waals surface area contributed by atoms with Crippen LogP contribution < -0.4 is 5.32 Å². The molecular formula is C17H33IN4O2. The minimum Gasteiger partial charge on any atom is -0.393 e. The molecule has 0 bridgehead atoms. The molecule has 0 aromatic carbocycles. The number of ether oxygens (including phenoxy) is 1. The van der Waals surface area contributed by atoms with E-state index in [1.54, 1.807) is 0 Å². The number of guanidine groups is 1. The first-order valence-electron chi connectivity index (χ1n) is 9.20. The van der Waals surface area contributed by atoms with Gasteiger partial charge in [0.05, 0.1) is 12.7 Å². The van der Waals surface area contributed by atoms with Gasteiger partial charge in [-0.1, -0.05) is 6.42 Å². The summed E-state index contributed by atoms with van der Waals surface area (Å²) in [5.41, 5.74) is 0. The Hall–Kier alpha value is -0.120. The normalized spacial score (nSPS) is 32.0. The SMILES string of the molecule is CN=C(NCC1CCCC1O)N1CCN(CC2CCOC2)CC1.I. The van der Waals surface area contributed by atoms with E-state index in [2.05, 4.69) is 20.1 Å². The van der Waals surface area contributed by atoms with Gasteiger partial charge in [-0.3, -0.25) is 9.89 Å². The number of nitrogens with one attached hydrogen (secondary N) is 1. The highest BCUT2D eigenvalue weighted by atomic mass is 127. The van der Waals surface area contributed by atoms with E-state index in [1.165, 1.54) is 13.0 Å². The topological polar surface area (TPSA) is 60.3 Å². The van der Waals surface area contributed by atoms with Gasteiger partial charge < -0.3 is 20.1 Å². The fourth-order valence-electron chi connectivity index (χ4n) is 4.04. The minimum absolute atomic E-state index is 0. The molecule has 0 spiro atoms. The second-order valence-corrected chi connectivity index (χ2v) is 7.20. The lowest BCUT2D eigenvalue weighted by atomic mass is 10.1. The number of hydrogen-bond acceptors (Lipinski definition) is 4. The molecule has 24 heavy (non-hydrogen) atoms. The Bertz CT molecular complexity index is 396. The van der Waals surface area contributed by atoms with Crippen molar-refractivity contribution in [2.24, 2.45) is 16.8 Å². The highest BCUT2D eigenvalue weighted by Crippen LogP contribution is 2.24. The van der Waals surface area contributed by atoms with Crippen LogP contribution in [0.15, 0.2) is 4.99 Å². The summed E-state index contributed by atoms with van der Waals surface area (Å²) in [6.45, 7) is 8.15. The molecule has 2 heterocycles. The van der Waals surface area contributed by atoms with Gasteiger partial charge in [-0.2, -0.15) is 0 Å². The van der Waals surface area contributed by atoms with Crippen LogP contribution in [0.1, 0.15) is 25.7 Å². The molecule has 3 unspecified atom stereocenters. The number of aliphatic hydroxyl groups is 1. The van der Waals surface area contributed by atoms with Crippen molar-refractivity contribution in [1.82, 2.24) is 15.1 Å². The molecule has 6 nitrogen and oxygen atoms in total. The molecule has 2 N–H and O–H groups in total. The lowest BCUT2D eigenvalue weighted by Crippen LogP contribution is -2.53. The van der Waals surface area contributed by atoms with Crippen LogP contribution in [0.2, 0.25) is 0 Å². The summed E-state index contributed by atoms with van der Waals surface area (Å²) in [6, 6.07) is 0. The van der Waals surface area contributed by atoms with E-state index in [9.17, 15) is 5.11 Å². The first-order chi connectivity index (χ1) is 11.3. The third-order valence-corrected chi connectivity index (χ3v) is 5.57. The third kappa shape index (κ3) is 5.44. The third-order valence-electron chi connectivity index (χ3n) is 5.57. The van der Waals surface area contributed by atoms with Crippen LogP contribution in [0.3, 0.4) is 0 Å². The van der Waals surface area contributed by atoms with E-state index in [0.29, 0.717) is 5.92 Å². The predicted octanol–water partition coefficient (Wildman–Crippen LogP) is 0.995. The van der Waals surface area contributed by atoms with Gasteiger partial charge in [-0.25, -0.2) is 0 Å². The Labute approximate surface area is 163 Å². The average Bonchev–Trinajstić information content (AvgIpc) is 3.21. The lowest BCUT2D eigenvalue weighted by Gasteiger charge is -2.37. The lowest BCUT2D eigenvalue weighted by molar-refractivity contribution is 0.130. The van der Waals surface area contributed by atoms with Crippen molar-refractivity contribution in [1.29, 1.82) is 0 Å². The molecule has 7 heteroatoms. The maximum atomic E-state index is 9.94. The Balaban J connectivity index is 0.00000208. The van der Waals surface area contributed by atoms with Crippen LogP contribution in [-0.4, -0.2) is 86.5 Å². The van der Waals surface area contributed by atoms with Gasteiger partial charge in [-0.05, 0) is 25.2 Å². The number of rotatable bonds is 4. The van der Waals surface area contributed by atoms with E-state index in [-0.39, 0.29) is 30.1 Å². The Morgan fingerprint density at radius 1 is 1.21 bits per heavy atom. The molecule has 0 aromatic rings. The van der Waals surface area contributed by atoms with E-state index in [1.807, 2.05) is 7.05 Å². The van der Waals surface area contributed by atoms with Crippen molar-refractivity contribution in [2.75, 3.05) is 59.5 Å². The fraction of sp³-hybridized carbons (Fsp3) is 0.941. The monoisotopic (exact) mass is 452 g/mol. The number of hydrogen-bond donors (Lipinski definition) is 2. The number of piperazine rings is 1. The zero-order valence-corrected chi connectivity index (χ0v) is 17.2. The number of aliphatic hydroxyl groups excluding tert-OH is 1. The summed E-state index contributed by atoms with van der Waals surface area (Å²) in [5, 5.41) is 13.4. The van der Waals surface area contributed by atoms with E-state index >= 15 is 0 Å². The van der Waals surface area contributed by atoms with Crippen molar-refractivity contribution < 1.29 is 9.84 Å². The molecule has 0 amide bonds. The van der Waals surface area contributed by atoms with E-state index in [4.69, 9.17) is 4.74 Å². The quantitative estimate of drug-likeness (QED) is 0.379. The van der Waals surface area contributed by atoms with Crippen LogP contribution in [0.25, 0.3) is 0 Å². The Morgan fingerprint density at radius 3 is 2.58 bits per heavy atom. The van der Waals surface area contributed by atoms with Crippen LogP contribution >= 0.6 is 24.0 Å². The van der Waals surface area contributed by atoms with Gasteiger partial charge in [0.25, 0.3) is 0 Å². The van der Waals surface area contributed by atoms with Crippen molar-refractivity contribution in [3.63, 3.8) is 0 Å². The van der Waals surface area contributed by atoms with Crippen molar-refractivity contribution >= 4 is 29.9 Å². The molecule has 2 saturated heterocycles. The fourth-order valence-corrected chi connectivity index (χ4v) is 4.04. The van der Waals surface area contributed by atoms with Crippen molar-refractivity contribution in [2.45, 2.75) is 31.8 Å². The highest BCUT2D eigenvalue weighted by molar-refractivity contribution is 14.0. The van der Waals surface area contributed by atoms with E-state index in [0.717, 1.165) is 77.1 Å². The molecule has 0 radical (unpaired) electrons. The average molecular weight is 452 g/mol. The van der Waals surface area contributed by atoms with Gasteiger partial charge in [0.2, 0.25) is 0 Å². The summed E-state index contributed by atoms with van der Waals surface area (Å²) in [7, 11) is 1.86. The first-order valence-corrected chi connectivity index (χ1v) is 9.20. The molecule has 1 aliphatic carbocycles. The largest absolute Gasteiger partial charge is 0.393 e. The van der Waals surface area contributed by atoms with E-state index < -0.39 is 0 Å². The van der Waals surface area contributed by atoms with Crippen LogP contribution in [0.5, 0.6) is 0 Å². The predicted molar refractivity (Wildman–Crippen MR) is 107 cm³/mol. The van der Waals surface area contributed by atoms with Crippen LogP contribution in [0.4, 0.5) is 0 Å². The molecule has 2 aliphatic heterocycles. The van der Waals surface area contributed by atoms with Gasteiger partial charge in [0, 0.05) is 58.8 Å². The van der Waals surface area contributed by atoms with Crippen LogP contribution in [-0.2, 0) is 4.74 Å². The highest BCUT2D eigenvalue weighted by Gasteiger charge is 2.27. The van der Waals surface area contributed by atoms with Crippen LogP contribution in [0, 0.1) is 11.8 Å². The zero-order chi connectivity index (χ0) is 16.1. The van der Waals surface area contributed by atoms with Crippen molar-refractivity contribution in [3.05, 3.63) is 0 Å². The summed E-state index contributed by atoms with van der Waals surface area (Å²) in [6.07, 6.45) is 4.31. The Morgan fingerprint density at radius 2 is 2.00 bits per heavy atom. The summed E-state index contributed by atoms with van der Waals surface area (Å²) in [5.74, 6) is 2.10. The molecule has 0 aromatic heterocycles. The van der Waals surface area contributed by atoms with Gasteiger partial charge in [0.15, 0.2) is 5.96 Å². The standard InChI is InChI=1S/C17H32N4O2.HI/c1-18-17(19-11-15-3-2-4-16(15)22)21-8-6-20(7-9-21)12-14-5-10-23-13-14;/h14-16,22H,2-13H2,1H3,(H,18,19);1H. The van der Waals surface area contributed by atoms with Gasteiger partial charge >= 0.3 is 0 Å². The van der Waals surface area contributed by atoms with Gasteiger partial charge in [-0.15, -0.1) is 24.0 Å². The maximum absolute atomic E-state index is 9.94. The molecule has 140 valence electrons. The second-order valence-electron chi connectivity index (χ2n) is 7.20. The smallest absolute Gasteiger partial charge is 0.193 e. The van der Waals surface area contributed by atoms with Gasteiger partial charge in [0.1, 0.15) is 0 Å². The molecule has 3 aliphatic rings. The number of nitrogens with zero attached hydrogens (tertiary/aromatic N) is 3. The minimum atomic E-state index is -0.133.